The van der Waals surface area contributed by atoms with Gasteiger partial charge in [-0.05, 0) is 25.0 Å². The van der Waals surface area contributed by atoms with E-state index in [0.29, 0.717) is 23.9 Å². The Hall–Kier alpha value is -1.01. The minimum absolute atomic E-state index is 0. The third-order valence-electron chi connectivity index (χ3n) is 3.81. The first-order chi connectivity index (χ1) is 12.4. The van der Waals surface area contributed by atoms with Crippen LogP contribution < -0.4 is 15.5 Å². The van der Waals surface area contributed by atoms with E-state index in [4.69, 9.17) is 11.6 Å². The molecule has 1 saturated heterocycles. The summed E-state index contributed by atoms with van der Waals surface area (Å²) in [7, 11) is 1.65. The summed E-state index contributed by atoms with van der Waals surface area (Å²) >= 11 is 6.18. The number of aromatic nitrogens is 1. The summed E-state index contributed by atoms with van der Waals surface area (Å²) in [4.78, 5) is 10.6. The number of guanidine groups is 1. The first-order valence-electron chi connectivity index (χ1n) is 8.36. The molecule has 1 unspecified atom stereocenters. The van der Waals surface area contributed by atoms with Gasteiger partial charge in [0.1, 0.15) is 12.4 Å². The van der Waals surface area contributed by atoms with E-state index in [2.05, 4.69) is 30.2 Å². The van der Waals surface area contributed by atoms with Crippen LogP contribution >= 0.6 is 35.6 Å². The number of aliphatic imine (C=N–C) groups is 1. The Bertz CT molecular complexity index is 606. The van der Waals surface area contributed by atoms with Crippen molar-refractivity contribution in [3.05, 3.63) is 23.4 Å². The Balaban J connectivity index is 0.00000364. The van der Waals surface area contributed by atoms with Gasteiger partial charge in [-0.3, -0.25) is 4.99 Å². The largest absolute Gasteiger partial charge is 0.411 e. The SMILES string of the molecule is CN=C(NCCCOCC(F)(F)F)NC1CCN(c2ncccc2Cl)C1.I. The van der Waals surface area contributed by atoms with Crippen molar-refractivity contribution in [1.82, 2.24) is 15.6 Å². The minimum atomic E-state index is -4.28. The molecule has 0 aromatic carbocycles. The van der Waals surface area contributed by atoms with Gasteiger partial charge in [-0.25, -0.2) is 4.98 Å². The molecule has 0 bridgehead atoms. The summed E-state index contributed by atoms with van der Waals surface area (Å²) in [6, 6.07) is 3.79. The normalized spacial score (nSPS) is 17.6. The van der Waals surface area contributed by atoms with Gasteiger partial charge in [0.05, 0.1) is 5.02 Å². The fraction of sp³-hybridized carbons (Fsp3) is 0.625. The highest BCUT2D eigenvalue weighted by Gasteiger charge is 2.27. The third kappa shape index (κ3) is 8.69. The zero-order valence-corrected chi connectivity index (χ0v) is 18.0. The van der Waals surface area contributed by atoms with E-state index in [1.807, 2.05) is 6.07 Å². The smallest absolute Gasteiger partial charge is 0.372 e. The Kier molecular flexibility index (Phi) is 10.5. The van der Waals surface area contributed by atoms with Crippen LogP contribution in [0.3, 0.4) is 0 Å². The van der Waals surface area contributed by atoms with Gasteiger partial charge in [0.15, 0.2) is 5.96 Å². The second-order valence-electron chi connectivity index (χ2n) is 5.91. The van der Waals surface area contributed by atoms with Crippen molar-refractivity contribution in [1.29, 1.82) is 0 Å². The lowest BCUT2D eigenvalue weighted by Crippen LogP contribution is -2.45. The predicted molar refractivity (Wildman–Crippen MR) is 111 cm³/mol. The molecule has 11 heteroatoms. The van der Waals surface area contributed by atoms with E-state index in [9.17, 15) is 13.2 Å². The molecule has 1 aromatic heterocycles. The quantitative estimate of drug-likeness (QED) is 0.250. The number of nitrogens with one attached hydrogen (secondary N) is 2. The van der Waals surface area contributed by atoms with Gasteiger partial charge in [0.25, 0.3) is 0 Å². The molecule has 2 N–H and O–H groups in total. The second kappa shape index (κ2) is 11.7. The highest BCUT2D eigenvalue weighted by Crippen LogP contribution is 2.25. The van der Waals surface area contributed by atoms with E-state index >= 15 is 0 Å². The van der Waals surface area contributed by atoms with E-state index < -0.39 is 12.8 Å². The van der Waals surface area contributed by atoms with Crippen molar-refractivity contribution in [2.75, 3.05) is 44.8 Å². The fourth-order valence-corrected chi connectivity index (χ4v) is 2.88. The number of halogens is 5. The topological polar surface area (TPSA) is 61.8 Å². The zero-order valence-electron chi connectivity index (χ0n) is 14.9. The van der Waals surface area contributed by atoms with Gasteiger partial charge in [-0.2, -0.15) is 13.2 Å². The molecule has 0 saturated carbocycles. The first kappa shape index (κ1) is 24.0. The molecule has 27 heavy (non-hydrogen) atoms. The minimum Gasteiger partial charge on any atom is -0.372 e. The lowest BCUT2D eigenvalue weighted by molar-refractivity contribution is -0.173. The van der Waals surface area contributed by atoms with Crippen LogP contribution in [-0.4, -0.2) is 63.1 Å². The molecule has 6 nitrogen and oxygen atoms in total. The van der Waals surface area contributed by atoms with Crippen molar-refractivity contribution in [3.8, 4) is 0 Å². The third-order valence-corrected chi connectivity index (χ3v) is 4.11. The standard InChI is InChI=1S/C16H23ClF3N5O.HI/c1-21-15(23-7-3-9-26-11-16(18,19)20)24-12-5-8-25(10-12)14-13(17)4-2-6-22-14;/h2,4,6,12H,3,5,7-11H2,1H3,(H2,21,23,24);1H. The number of pyridine rings is 1. The summed E-state index contributed by atoms with van der Waals surface area (Å²) in [5.74, 6) is 1.38. The van der Waals surface area contributed by atoms with Crippen molar-refractivity contribution < 1.29 is 17.9 Å². The van der Waals surface area contributed by atoms with E-state index in [0.717, 1.165) is 25.3 Å². The van der Waals surface area contributed by atoms with Crippen molar-refractivity contribution in [2.45, 2.75) is 25.1 Å². The van der Waals surface area contributed by atoms with Crippen LogP contribution in [0.5, 0.6) is 0 Å². The molecule has 0 spiro atoms. The average Bonchev–Trinajstić information content (AvgIpc) is 3.04. The summed E-state index contributed by atoms with van der Waals surface area (Å²) in [6.07, 6.45) is -1.21. The van der Waals surface area contributed by atoms with Crippen LogP contribution in [0, 0.1) is 0 Å². The Morgan fingerprint density at radius 3 is 2.93 bits per heavy atom. The molecule has 1 aliphatic heterocycles. The zero-order chi connectivity index (χ0) is 19.0. The molecule has 154 valence electrons. The molecule has 2 rings (SSSR count). The van der Waals surface area contributed by atoms with Crippen LogP contribution in [-0.2, 0) is 4.74 Å². The number of nitrogens with zero attached hydrogens (tertiary/aromatic N) is 3. The fourth-order valence-electron chi connectivity index (χ4n) is 2.64. The first-order valence-corrected chi connectivity index (χ1v) is 8.74. The van der Waals surface area contributed by atoms with Crippen LogP contribution in [0.1, 0.15) is 12.8 Å². The average molecular weight is 522 g/mol. The molecule has 0 aliphatic carbocycles. The lowest BCUT2D eigenvalue weighted by atomic mass is 10.3. The van der Waals surface area contributed by atoms with E-state index in [1.165, 1.54) is 0 Å². The number of hydrogen-bond donors (Lipinski definition) is 2. The van der Waals surface area contributed by atoms with Gasteiger partial charge in [-0.15, -0.1) is 24.0 Å². The highest BCUT2D eigenvalue weighted by molar-refractivity contribution is 14.0. The van der Waals surface area contributed by atoms with Crippen LogP contribution in [0.2, 0.25) is 5.02 Å². The Morgan fingerprint density at radius 1 is 1.48 bits per heavy atom. The summed E-state index contributed by atoms with van der Waals surface area (Å²) in [6.45, 7) is 0.871. The number of anilines is 1. The van der Waals surface area contributed by atoms with Crippen LogP contribution in [0.25, 0.3) is 0 Å². The monoisotopic (exact) mass is 521 g/mol. The van der Waals surface area contributed by atoms with E-state index in [-0.39, 0.29) is 36.6 Å². The highest BCUT2D eigenvalue weighted by atomic mass is 127. The van der Waals surface area contributed by atoms with Gasteiger partial charge < -0.3 is 20.3 Å². The van der Waals surface area contributed by atoms with Crippen LogP contribution in [0.4, 0.5) is 19.0 Å². The summed E-state index contributed by atoms with van der Waals surface area (Å²) in [5, 5.41) is 7.00. The van der Waals surface area contributed by atoms with Gasteiger partial charge >= 0.3 is 6.18 Å². The number of ether oxygens (including phenoxy) is 1. The second-order valence-corrected chi connectivity index (χ2v) is 6.31. The summed E-state index contributed by atoms with van der Waals surface area (Å²) < 4.78 is 40.5. The van der Waals surface area contributed by atoms with E-state index in [1.54, 1.807) is 19.3 Å². The summed E-state index contributed by atoms with van der Waals surface area (Å²) in [5.41, 5.74) is 0. The molecule has 0 radical (unpaired) electrons. The maximum absolute atomic E-state index is 12.0. The van der Waals surface area contributed by atoms with Gasteiger partial charge in [0.2, 0.25) is 0 Å². The molecule has 0 amide bonds. The van der Waals surface area contributed by atoms with Crippen LogP contribution in [0.15, 0.2) is 23.3 Å². The number of hydrogen-bond acceptors (Lipinski definition) is 4. The Labute approximate surface area is 178 Å². The molecular weight excluding hydrogens is 498 g/mol. The molecule has 1 fully saturated rings. The number of rotatable bonds is 7. The molecule has 2 heterocycles. The number of alkyl halides is 3. The van der Waals surface area contributed by atoms with Gasteiger partial charge in [0, 0.05) is 45.5 Å². The molecule has 1 aromatic rings. The molecule has 1 aliphatic rings. The maximum atomic E-state index is 12.0. The lowest BCUT2D eigenvalue weighted by Gasteiger charge is -2.20. The maximum Gasteiger partial charge on any atom is 0.411 e. The Morgan fingerprint density at radius 2 is 2.26 bits per heavy atom. The van der Waals surface area contributed by atoms with Crippen molar-refractivity contribution in [3.63, 3.8) is 0 Å². The van der Waals surface area contributed by atoms with Crippen molar-refractivity contribution >= 4 is 47.4 Å². The predicted octanol–water partition coefficient (Wildman–Crippen LogP) is 3.07. The van der Waals surface area contributed by atoms with Crippen molar-refractivity contribution in [2.24, 2.45) is 4.99 Å². The van der Waals surface area contributed by atoms with Gasteiger partial charge in [-0.1, -0.05) is 11.6 Å². The molecule has 1 atom stereocenters. The molecular formula is C16H24ClF3IN5O.